The van der Waals surface area contributed by atoms with Gasteiger partial charge in [-0.05, 0) is 80.9 Å². The number of hydrogen-bond acceptors (Lipinski definition) is 5. The van der Waals surface area contributed by atoms with E-state index in [9.17, 15) is 13.2 Å². The Morgan fingerprint density at radius 3 is 2.32 bits per heavy atom. The number of aryl methyl sites for hydroxylation is 1. The smallest absolute Gasteiger partial charge is 0.228 e. The second-order valence-corrected chi connectivity index (χ2v) is 11.9. The van der Waals surface area contributed by atoms with Crippen LogP contribution in [0.15, 0.2) is 71.6 Å². The van der Waals surface area contributed by atoms with E-state index in [1.165, 1.54) is 0 Å². The maximum absolute atomic E-state index is 12.7. The van der Waals surface area contributed by atoms with Crippen LogP contribution in [0, 0.1) is 0 Å². The highest BCUT2D eigenvalue weighted by atomic mass is 35.5. The van der Waals surface area contributed by atoms with Crippen LogP contribution in [0.4, 0.5) is 5.69 Å². The van der Waals surface area contributed by atoms with Gasteiger partial charge in [-0.1, -0.05) is 30.7 Å². The Labute approximate surface area is 222 Å². The third-order valence-electron chi connectivity index (χ3n) is 6.10. The Morgan fingerprint density at radius 2 is 1.70 bits per heavy atom. The van der Waals surface area contributed by atoms with Crippen LogP contribution in [0.25, 0.3) is 11.0 Å². The van der Waals surface area contributed by atoms with Crippen molar-refractivity contribution >= 4 is 44.1 Å². The highest BCUT2D eigenvalue weighted by Crippen LogP contribution is 2.31. The molecule has 4 rings (SSSR count). The molecule has 1 aromatic heterocycles. The van der Waals surface area contributed by atoms with Gasteiger partial charge in [-0.15, -0.1) is 0 Å². The predicted octanol–water partition coefficient (Wildman–Crippen LogP) is 6.00. The van der Waals surface area contributed by atoms with E-state index in [4.69, 9.17) is 21.3 Å². The number of benzene rings is 3. The van der Waals surface area contributed by atoms with E-state index in [0.717, 1.165) is 22.4 Å². The van der Waals surface area contributed by atoms with Gasteiger partial charge in [0.2, 0.25) is 5.91 Å². The first-order chi connectivity index (χ1) is 17.5. The minimum absolute atomic E-state index is 0.0370. The topological polar surface area (TPSA) is 90.3 Å². The van der Waals surface area contributed by atoms with Crippen LogP contribution in [0.1, 0.15) is 39.1 Å². The minimum Gasteiger partial charge on any atom is -0.480 e. The second kappa shape index (κ2) is 10.6. The van der Waals surface area contributed by atoms with Gasteiger partial charge in [-0.3, -0.25) is 4.79 Å². The fraction of sp³-hybridized carbons (Fsp3) is 0.286. The first kappa shape index (κ1) is 26.7. The maximum atomic E-state index is 12.7. The van der Waals surface area contributed by atoms with Gasteiger partial charge in [-0.25, -0.2) is 13.4 Å². The molecule has 37 heavy (non-hydrogen) atoms. The molecule has 4 aromatic rings. The second-order valence-electron chi connectivity index (χ2n) is 9.22. The van der Waals surface area contributed by atoms with Crippen molar-refractivity contribution in [1.29, 1.82) is 0 Å². The van der Waals surface area contributed by atoms with Gasteiger partial charge in [0.25, 0.3) is 0 Å². The summed E-state index contributed by atoms with van der Waals surface area (Å²) >= 11 is 6.00. The molecule has 0 bridgehead atoms. The highest BCUT2D eigenvalue weighted by molar-refractivity contribution is 7.91. The molecule has 9 heteroatoms. The number of aromatic nitrogens is 2. The summed E-state index contributed by atoms with van der Waals surface area (Å²) in [6.45, 7) is 8.29. The number of anilines is 1. The van der Waals surface area contributed by atoms with Crippen molar-refractivity contribution in [3.8, 4) is 5.75 Å². The number of nitrogens with zero attached hydrogens (tertiary/aromatic N) is 2. The third-order valence-corrected chi connectivity index (χ3v) is 8.10. The van der Waals surface area contributed by atoms with E-state index < -0.39 is 15.4 Å². The van der Waals surface area contributed by atoms with Gasteiger partial charge in [0.15, 0.2) is 21.3 Å². The number of carbonyl (C=O) groups excluding carboxylic acids is 1. The van der Waals surface area contributed by atoms with Gasteiger partial charge in [-0.2, -0.15) is 0 Å². The highest BCUT2D eigenvalue weighted by Gasteiger charge is 2.30. The van der Waals surface area contributed by atoms with Gasteiger partial charge in [0, 0.05) is 17.3 Å². The fourth-order valence-electron chi connectivity index (χ4n) is 4.20. The lowest BCUT2D eigenvalue weighted by Crippen LogP contribution is -2.29. The number of imidazole rings is 1. The van der Waals surface area contributed by atoms with Gasteiger partial charge in [0.05, 0.1) is 28.1 Å². The largest absolute Gasteiger partial charge is 0.480 e. The first-order valence-corrected chi connectivity index (χ1v) is 14.1. The maximum Gasteiger partial charge on any atom is 0.228 e. The van der Waals surface area contributed by atoms with Crippen molar-refractivity contribution < 1.29 is 17.9 Å². The molecule has 0 aliphatic heterocycles. The van der Waals surface area contributed by atoms with Crippen molar-refractivity contribution in [1.82, 2.24) is 9.55 Å². The zero-order valence-corrected chi connectivity index (χ0v) is 22.9. The average Bonchev–Trinajstić information content (AvgIpc) is 3.24. The number of sulfone groups is 1. The summed E-state index contributed by atoms with van der Waals surface area (Å²) in [7, 11) is -3.27. The molecular formula is C28H30ClN3O4S. The van der Waals surface area contributed by atoms with Gasteiger partial charge in [0.1, 0.15) is 5.75 Å². The Hall–Kier alpha value is -3.36. The number of amides is 1. The van der Waals surface area contributed by atoms with Crippen molar-refractivity contribution in [3.63, 3.8) is 0 Å². The molecule has 0 spiro atoms. The molecule has 0 atom stereocenters. The molecule has 0 aliphatic carbocycles. The van der Waals surface area contributed by atoms with Crippen molar-refractivity contribution in [3.05, 3.63) is 83.1 Å². The molecule has 0 saturated heterocycles. The van der Waals surface area contributed by atoms with Crippen LogP contribution < -0.4 is 10.1 Å². The number of nitrogens with one attached hydrogen (secondary N) is 1. The van der Waals surface area contributed by atoms with Crippen LogP contribution in [-0.4, -0.2) is 29.6 Å². The van der Waals surface area contributed by atoms with Crippen LogP contribution >= 0.6 is 11.6 Å². The molecule has 1 amide bonds. The number of ether oxygens (including phenoxy) is 1. The molecule has 3 aromatic carbocycles. The number of carbonyl (C=O) groups is 1. The number of fused-ring (bicyclic) bond motifs is 1. The molecule has 1 heterocycles. The van der Waals surface area contributed by atoms with Crippen LogP contribution in [0.5, 0.6) is 5.75 Å². The summed E-state index contributed by atoms with van der Waals surface area (Å²) in [6.07, 6.45) is 0.126. The minimum atomic E-state index is -3.27. The molecular weight excluding hydrogens is 510 g/mol. The van der Waals surface area contributed by atoms with Gasteiger partial charge < -0.3 is 14.6 Å². The van der Waals surface area contributed by atoms with E-state index in [2.05, 4.69) is 16.8 Å². The zero-order valence-electron chi connectivity index (χ0n) is 21.3. The Bertz CT molecular complexity index is 1530. The summed E-state index contributed by atoms with van der Waals surface area (Å²) in [6, 6.07) is 19.3. The molecule has 194 valence electrons. The van der Waals surface area contributed by atoms with Crippen LogP contribution in [0.3, 0.4) is 0 Å². The fourth-order valence-corrected chi connectivity index (χ4v) is 5.21. The molecule has 0 radical (unpaired) electrons. The van der Waals surface area contributed by atoms with Crippen molar-refractivity contribution in [2.24, 2.45) is 0 Å². The predicted molar refractivity (Wildman–Crippen MR) is 147 cm³/mol. The quantitative estimate of drug-likeness (QED) is 0.282. The third kappa shape index (κ3) is 5.97. The van der Waals surface area contributed by atoms with Crippen molar-refractivity contribution in [2.45, 2.75) is 51.2 Å². The number of halogens is 1. The lowest BCUT2D eigenvalue weighted by Gasteiger charge is -2.26. The monoisotopic (exact) mass is 539 g/mol. The average molecular weight is 540 g/mol. The summed E-state index contributed by atoms with van der Waals surface area (Å²) in [4.78, 5) is 17.8. The summed E-state index contributed by atoms with van der Waals surface area (Å²) < 4.78 is 32.4. The van der Waals surface area contributed by atoms with E-state index in [0.29, 0.717) is 23.0 Å². The summed E-state index contributed by atoms with van der Waals surface area (Å²) in [5, 5.41) is 3.56. The molecule has 7 nitrogen and oxygen atoms in total. The molecule has 0 aliphatic rings. The Kier molecular flexibility index (Phi) is 7.62. The molecule has 1 N–H and O–H groups in total. The van der Waals surface area contributed by atoms with E-state index in [1.807, 2.05) is 44.2 Å². The lowest BCUT2D eigenvalue weighted by molar-refractivity contribution is -0.115. The van der Waals surface area contributed by atoms with Crippen molar-refractivity contribution in [2.75, 3.05) is 11.1 Å². The van der Waals surface area contributed by atoms with Crippen LogP contribution in [0.2, 0.25) is 5.02 Å². The van der Waals surface area contributed by atoms with Gasteiger partial charge >= 0.3 is 0 Å². The standard InChI is InChI=1S/C28H30ClN3O4S/c1-5-32-25-16-11-21(30-26(33)17-19-7-14-23(15-8-19)37(34,35)6-2)18-24(25)31-27(32)28(3,4)36-22-12-9-20(29)10-13-22/h7-16,18H,5-6,17H2,1-4H3,(H,30,33). The molecule has 0 saturated carbocycles. The van der Waals surface area contributed by atoms with Crippen LogP contribution in [-0.2, 0) is 33.2 Å². The summed E-state index contributed by atoms with van der Waals surface area (Å²) in [5.74, 6) is 1.30. The molecule has 0 unspecified atom stereocenters. The van der Waals surface area contributed by atoms with E-state index >= 15 is 0 Å². The Balaban J connectivity index is 1.52. The SMILES string of the molecule is CCn1c(C(C)(C)Oc2ccc(Cl)cc2)nc2cc(NC(=O)Cc3ccc(S(=O)(=O)CC)cc3)ccc21. The summed E-state index contributed by atoms with van der Waals surface area (Å²) in [5.41, 5.74) is 2.33. The first-order valence-electron chi connectivity index (χ1n) is 12.1. The normalized spacial score (nSPS) is 12.0. The lowest BCUT2D eigenvalue weighted by atomic mass is 10.1. The van der Waals surface area contributed by atoms with E-state index in [-0.39, 0.29) is 23.0 Å². The molecule has 0 fully saturated rings. The van der Waals surface area contributed by atoms with E-state index in [1.54, 1.807) is 43.3 Å². The zero-order chi connectivity index (χ0) is 26.8. The number of rotatable bonds is 9. The Morgan fingerprint density at radius 1 is 1.03 bits per heavy atom. The number of hydrogen-bond donors (Lipinski definition) is 1.